The molecule has 1 amide bonds. The largest absolute Gasteiger partial charge is 0.494 e. The number of carbonyl (C=O) groups excluding carboxylic acids is 1. The van der Waals surface area contributed by atoms with Crippen molar-refractivity contribution in [2.24, 2.45) is 5.73 Å². The van der Waals surface area contributed by atoms with Crippen LogP contribution >= 0.6 is 0 Å². The smallest absolute Gasteiger partial charge is 0.251 e. The number of nitrogens with one attached hydrogen (secondary N) is 3. The molecule has 0 aliphatic carbocycles. The minimum Gasteiger partial charge on any atom is -0.494 e. The minimum absolute atomic E-state index is 0.0365. The standard InChI is InChI=1S/C29H33N5O2/c1-34(2)15-4-16-36-24-6-3-5-23(18-24)21-8-10-22(11-9-21)29(35)32-14-13-20-7-12-27-25(17-20)26(19-33-27)28(30)31/h3,5-12,17-19,33H,4,13-16H2,1-2H3,(H3,30,31)(H,32,35). The van der Waals surface area contributed by atoms with E-state index in [-0.39, 0.29) is 11.7 Å². The predicted octanol–water partition coefficient (Wildman–Crippen LogP) is 4.42. The van der Waals surface area contributed by atoms with Crippen molar-refractivity contribution in [3.05, 3.63) is 89.6 Å². The maximum absolute atomic E-state index is 12.7. The van der Waals surface area contributed by atoms with Crippen molar-refractivity contribution in [1.82, 2.24) is 15.2 Å². The highest BCUT2D eigenvalue weighted by Gasteiger charge is 2.09. The Kier molecular flexibility index (Phi) is 8.02. The molecule has 0 saturated carbocycles. The summed E-state index contributed by atoms with van der Waals surface area (Å²) in [5, 5.41) is 11.6. The fourth-order valence-electron chi connectivity index (χ4n) is 4.12. The number of nitrogen functional groups attached to an aromatic ring is 1. The van der Waals surface area contributed by atoms with Gasteiger partial charge in [-0.15, -0.1) is 0 Å². The van der Waals surface area contributed by atoms with Gasteiger partial charge in [-0.3, -0.25) is 10.2 Å². The number of benzene rings is 3. The summed E-state index contributed by atoms with van der Waals surface area (Å²) in [5.74, 6) is 0.780. The van der Waals surface area contributed by atoms with Gasteiger partial charge < -0.3 is 25.7 Å². The van der Waals surface area contributed by atoms with Gasteiger partial charge in [0.25, 0.3) is 5.91 Å². The van der Waals surface area contributed by atoms with Crippen molar-refractivity contribution in [1.29, 1.82) is 5.41 Å². The molecule has 0 radical (unpaired) electrons. The Hall–Kier alpha value is -4.10. The second kappa shape index (κ2) is 11.6. The molecule has 5 N–H and O–H groups in total. The van der Waals surface area contributed by atoms with Gasteiger partial charge in [-0.05, 0) is 80.0 Å². The number of hydrogen-bond acceptors (Lipinski definition) is 4. The lowest BCUT2D eigenvalue weighted by molar-refractivity contribution is 0.0954. The zero-order valence-corrected chi connectivity index (χ0v) is 20.8. The molecule has 4 rings (SSSR count). The molecule has 4 aromatic rings. The van der Waals surface area contributed by atoms with Gasteiger partial charge in [-0.1, -0.05) is 30.3 Å². The van der Waals surface area contributed by atoms with Gasteiger partial charge in [0.05, 0.1) is 6.61 Å². The SMILES string of the molecule is CN(C)CCCOc1cccc(-c2ccc(C(=O)NCCc3ccc4[nH]cc(C(=N)N)c4c3)cc2)c1. The molecule has 36 heavy (non-hydrogen) atoms. The fourth-order valence-corrected chi connectivity index (χ4v) is 4.12. The highest BCUT2D eigenvalue weighted by Crippen LogP contribution is 2.24. The second-order valence-corrected chi connectivity index (χ2v) is 9.11. The van der Waals surface area contributed by atoms with E-state index < -0.39 is 0 Å². The van der Waals surface area contributed by atoms with E-state index in [9.17, 15) is 4.79 Å². The molecule has 0 fully saturated rings. The summed E-state index contributed by atoms with van der Waals surface area (Å²) >= 11 is 0. The maximum atomic E-state index is 12.7. The average Bonchev–Trinajstić information content (AvgIpc) is 3.30. The first kappa shape index (κ1) is 25.0. The Bertz CT molecular complexity index is 1340. The van der Waals surface area contributed by atoms with Crippen molar-refractivity contribution in [2.75, 3.05) is 33.8 Å². The van der Waals surface area contributed by atoms with Gasteiger partial charge >= 0.3 is 0 Å². The maximum Gasteiger partial charge on any atom is 0.251 e. The number of aromatic amines is 1. The number of ether oxygens (including phenoxy) is 1. The van der Waals surface area contributed by atoms with Crippen LogP contribution in [0.15, 0.2) is 72.9 Å². The van der Waals surface area contributed by atoms with Crippen LogP contribution in [0.2, 0.25) is 0 Å². The van der Waals surface area contributed by atoms with E-state index in [0.29, 0.717) is 30.7 Å². The van der Waals surface area contributed by atoms with Crippen LogP contribution in [-0.4, -0.2) is 55.4 Å². The Morgan fingerprint density at radius 2 is 1.86 bits per heavy atom. The summed E-state index contributed by atoms with van der Waals surface area (Å²) in [6, 6.07) is 21.7. The normalized spacial score (nSPS) is 11.1. The van der Waals surface area contributed by atoms with Gasteiger partial charge in [-0.25, -0.2) is 0 Å². The molecule has 0 spiro atoms. The number of rotatable bonds is 11. The van der Waals surface area contributed by atoms with Crippen molar-refractivity contribution in [2.45, 2.75) is 12.8 Å². The summed E-state index contributed by atoms with van der Waals surface area (Å²) in [4.78, 5) is 17.9. The Morgan fingerprint density at radius 3 is 2.61 bits per heavy atom. The van der Waals surface area contributed by atoms with E-state index in [1.54, 1.807) is 6.20 Å². The number of hydrogen-bond donors (Lipinski definition) is 4. The van der Waals surface area contributed by atoms with Crippen LogP contribution < -0.4 is 15.8 Å². The molecular formula is C29H33N5O2. The van der Waals surface area contributed by atoms with Crippen LogP contribution in [0.4, 0.5) is 0 Å². The number of carbonyl (C=O) groups is 1. The molecule has 1 aromatic heterocycles. The number of nitrogens with zero attached hydrogens (tertiary/aromatic N) is 1. The summed E-state index contributed by atoms with van der Waals surface area (Å²) < 4.78 is 5.89. The average molecular weight is 484 g/mol. The molecule has 0 atom stereocenters. The molecule has 7 heteroatoms. The summed E-state index contributed by atoms with van der Waals surface area (Å²) in [5.41, 5.74) is 11.1. The lowest BCUT2D eigenvalue weighted by atomic mass is 10.0. The molecule has 0 unspecified atom stereocenters. The van der Waals surface area contributed by atoms with Crippen LogP contribution in [0.25, 0.3) is 22.0 Å². The van der Waals surface area contributed by atoms with Crippen LogP contribution in [0.5, 0.6) is 5.75 Å². The molecule has 0 aliphatic heterocycles. The highest BCUT2D eigenvalue weighted by molar-refractivity contribution is 6.07. The monoisotopic (exact) mass is 483 g/mol. The lowest BCUT2D eigenvalue weighted by Crippen LogP contribution is -2.25. The topological polar surface area (TPSA) is 107 Å². The molecular weight excluding hydrogens is 450 g/mol. The third-order valence-electron chi connectivity index (χ3n) is 6.07. The van der Waals surface area contributed by atoms with Crippen LogP contribution in [0.1, 0.15) is 27.9 Å². The van der Waals surface area contributed by atoms with Gasteiger partial charge in [-0.2, -0.15) is 0 Å². The molecule has 0 saturated heterocycles. The van der Waals surface area contributed by atoms with Crippen molar-refractivity contribution in [3.63, 3.8) is 0 Å². The third-order valence-corrected chi connectivity index (χ3v) is 6.07. The number of nitrogens with two attached hydrogens (primary N) is 1. The summed E-state index contributed by atoms with van der Waals surface area (Å²) in [7, 11) is 4.11. The quantitative estimate of drug-likeness (QED) is 0.144. The Morgan fingerprint density at radius 1 is 1.06 bits per heavy atom. The first-order chi connectivity index (χ1) is 17.4. The minimum atomic E-state index is -0.105. The molecule has 0 aliphatic rings. The molecule has 7 nitrogen and oxygen atoms in total. The van der Waals surface area contributed by atoms with Crippen molar-refractivity contribution >= 4 is 22.6 Å². The van der Waals surface area contributed by atoms with Gasteiger partial charge in [0.1, 0.15) is 11.6 Å². The number of amides is 1. The molecule has 1 heterocycles. The van der Waals surface area contributed by atoms with E-state index in [0.717, 1.165) is 46.3 Å². The number of aromatic nitrogens is 1. The van der Waals surface area contributed by atoms with E-state index in [2.05, 4.69) is 29.3 Å². The van der Waals surface area contributed by atoms with E-state index >= 15 is 0 Å². The van der Waals surface area contributed by atoms with E-state index in [4.69, 9.17) is 15.9 Å². The lowest BCUT2D eigenvalue weighted by Gasteiger charge is -2.11. The summed E-state index contributed by atoms with van der Waals surface area (Å²) in [6.07, 6.45) is 3.41. The van der Waals surface area contributed by atoms with Crippen LogP contribution in [-0.2, 0) is 6.42 Å². The van der Waals surface area contributed by atoms with E-state index in [1.165, 1.54) is 0 Å². The van der Waals surface area contributed by atoms with E-state index in [1.807, 2.05) is 66.7 Å². The Balaban J connectivity index is 1.31. The second-order valence-electron chi connectivity index (χ2n) is 9.11. The molecule has 3 aromatic carbocycles. The molecule has 0 bridgehead atoms. The zero-order valence-electron chi connectivity index (χ0n) is 20.8. The van der Waals surface area contributed by atoms with Crippen molar-refractivity contribution in [3.8, 4) is 16.9 Å². The highest BCUT2D eigenvalue weighted by atomic mass is 16.5. The summed E-state index contributed by atoms with van der Waals surface area (Å²) in [6.45, 7) is 2.18. The number of amidine groups is 1. The Labute approximate surface area is 211 Å². The first-order valence-electron chi connectivity index (χ1n) is 12.1. The van der Waals surface area contributed by atoms with Gasteiger partial charge in [0, 0.05) is 41.3 Å². The van der Waals surface area contributed by atoms with Crippen molar-refractivity contribution < 1.29 is 9.53 Å². The number of fused-ring (bicyclic) bond motifs is 1. The third kappa shape index (κ3) is 6.31. The first-order valence-corrected chi connectivity index (χ1v) is 12.1. The van der Waals surface area contributed by atoms with Gasteiger partial charge in [0.2, 0.25) is 0 Å². The number of H-pyrrole nitrogens is 1. The fraction of sp³-hybridized carbons (Fsp3) is 0.241. The van der Waals surface area contributed by atoms with Crippen LogP contribution in [0, 0.1) is 5.41 Å². The molecule has 186 valence electrons. The zero-order chi connectivity index (χ0) is 25.5. The van der Waals surface area contributed by atoms with Crippen LogP contribution in [0.3, 0.4) is 0 Å². The predicted molar refractivity (Wildman–Crippen MR) is 146 cm³/mol. The van der Waals surface area contributed by atoms with Gasteiger partial charge in [0.15, 0.2) is 0 Å².